The highest BCUT2D eigenvalue weighted by Gasteiger charge is 2.34. The quantitative estimate of drug-likeness (QED) is 0.368. The van der Waals surface area contributed by atoms with Crippen LogP contribution in [-0.4, -0.2) is 29.2 Å². The van der Waals surface area contributed by atoms with Gasteiger partial charge in [0.2, 0.25) is 0 Å². The summed E-state index contributed by atoms with van der Waals surface area (Å²) in [5.41, 5.74) is 0. The van der Waals surface area contributed by atoms with Crippen molar-refractivity contribution in [1.82, 2.24) is 0 Å². The zero-order valence-corrected chi connectivity index (χ0v) is 13.9. The molecular formula is C17H36O3. The van der Waals surface area contributed by atoms with Gasteiger partial charge < -0.3 is 14.9 Å². The molecule has 0 aliphatic rings. The molecule has 0 aliphatic heterocycles. The van der Waals surface area contributed by atoms with E-state index in [-0.39, 0.29) is 0 Å². The molecule has 122 valence electrons. The van der Waals surface area contributed by atoms with Gasteiger partial charge in [-0.1, -0.05) is 71.6 Å². The maximum atomic E-state index is 10.4. The van der Waals surface area contributed by atoms with Crippen LogP contribution >= 0.6 is 0 Å². The van der Waals surface area contributed by atoms with E-state index in [0.29, 0.717) is 12.8 Å². The second kappa shape index (κ2) is 12.6. The van der Waals surface area contributed by atoms with Gasteiger partial charge in [-0.05, 0) is 12.8 Å². The first kappa shape index (κ1) is 19.9. The van der Waals surface area contributed by atoms with Crippen molar-refractivity contribution in [3.05, 3.63) is 0 Å². The number of rotatable bonds is 14. The minimum Gasteiger partial charge on any atom is -0.388 e. The molecule has 0 aromatic carbocycles. The molecule has 0 amide bonds. The number of hydrogen-bond acceptors (Lipinski definition) is 3. The third-order valence-electron chi connectivity index (χ3n) is 4.09. The highest BCUT2D eigenvalue weighted by atomic mass is 16.6. The molecule has 2 unspecified atom stereocenters. The lowest BCUT2D eigenvalue weighted by molar-refractivity contribution is -0.248. The summed E-state index contributed by atoms with van der Waals surface area (Å²) in [5.74, 6) is -1.35. The first-order valence-electron chi connectivity index (χ1n) is 8.56. The van der Waals surface area contributed by atoms with E-state index < -0.39 is 11.9 Å². The van der Waals surface area contributed by atoms with E-state index in [0.717, 1.165) is 25.7 Å². The number of aliphatic hydroxyl groups is 2. The van der Waals surface area contributed by atoms with Crippen molar-refractivity contribution in [3.8, 4) is 0 Å². The van der Waals surface area contributed by atoms with Crippen molar-refractivity contribution < 1.29 is 14.9 Å². The summed E-state index contributed by atoms with van der Waals surface area (Å²) in [5, 5.41) is 20.5. The Bertz CT molecular complexity index is 208. The average molecular weight is 288 g/mol. The fourth-order valence-electron chi connectivity index (χ4n) is 2.55. The van der Waals surface area contributed by atoms with Gasteiger partial charge in [0.25, 0.3) is 0 Å². The average Bonchev–Trinajstić information content (AvgIpc) is 2.46. The fraction of sp³-hybridized carbons (Fsp3) is 1.00. The molecule has 0 aromatic rings. The van der Waals surface area contributed by atoms with Crippen molar-refractivity contribution >= 4 is 0 Å². The molecule has 2 N–H and O–H groups in total. The number of aliphatic hydroxyl groups excluding tert-OH is 1. The summed E-state index contributed by atoms with van der Waals surface area (Å²) < 4.78 is 5.19. The number of unbranched alkanes of at least 4 members (excludes halogenated alkanes) is 8. The Morgan fingerprint density at radius 2 is 1.35 bits per heavy atom. The monoisotopic (exact) mass is 288 g/mol. The minimum absolute atomic E-state index is 0.532. The highest BCUT2D eigenvalue weighted by Crippen LogP contribution is 2.24. The maximum absolute atomic E-state index is 10.4. The van der Waals surface area contributed by atoms with Crippen LogP contribution < -0.4 is 0 Å². The van der Waals surface area contributed by atoms with Gasteiger partial charge in [-0.3, -0.25) is 0 Å². The van der Waals surface area contributed by atoms with Crippen LogP contribution in [-0.2, 0) is 4.74 Å². The first-order chi connectivity index (χ1) is 9.60. The van der Waals surface area contributed by atoms with Crippen LogP contribution in [0, 0.1) is 0 Å². The van der Waals surface area contributed by atoms with Gasteiger partial charge in [0.05, 0.1) is 0 Å². The number of ether oxygens (including phenoxy) is 1. The molecule has 0 aromatic heterocycles. The molecule has 0 saturated carbocycles. The van der Waals surface area contributed by atoms with Crippen molar-refractivity contribution in [2.75, 3.05) is 7.11 Å². The second-order valence-electron chi connectivity index (χ2n) is 5.93. The van der Waals surface area contributed by atoms with Crippen molar-refractivity contribution in [2.45, 2.75) is 103 Å². The van der Waals surface area contributed by atoms with Gasteiger partial charge in [0.15, 0.2) is 5.79 Å². The lowest BCUT2D eigenvalue weighted by Gasteiger charge is -2.31. The summed E-state index contributed by atoms with van der Waals surface area (Å²) >= 11 is 0. The Hall–Kier alpha value is -0.120. The predicted octanol–water partition coefficient (Wildman–Crippen LogP) is 4.40. The molecule has 20 heavy (non-hydrogen) atoms. The molecule has 0 bridgehead atoms. The molecule has 0 fully saturated rings. The molecule has 0 saturated heterocycles. The van der Waals surface area contributed by atoms with Crippen LogP contribution in [0.4, 0.5) is 0 Å². The minimum atomic E-state index is -1.35. The maximum Gasteiger partial charge on any atom is 0.191 e. The van der Waals surface area contributed by atoms with Crippen molar-refractivity contribution in [1.29, 1.82) is 0 Å². The summed E-state index contributed by atoms with van der Waals surface area (Å²) in [4.78, 5) is 0. The Balaban J connectivity index is 3.85. The number of hydrogen-bond donors (Lipinski definition) is 2. The summed E-state index contributed by atoms with van der Waals surface area (Å²) in [7, 11) is 1.49. The van der Waals surface area contributed by atoms with Crippen LogP contribution in [0.15, 0.2) is 0 Å². The lowest BCUT2D eigenvalue weighted by Crippen LogP contribution is -2.44. The predicted molar refractivity (Wildman–Crippen MR) is 84.7 cm³/mol. The first-order valence-corrected chi connectivity index (χ1v) is 8.56. The smallest absolute Gasteiger partial charge is 0.191 e. The van der Waals surface area contributed by atoms with Crippen LogP contribution in [0.3, 0.4) is 0 Å². The van der Waals surface area contributed by atoms with Crippen LogP contribution in [0.1, 0.15) is 90.9 Å². The van der Waals surface area contributed by atoms with Crippen molar-refractivity contribution in [2.24, 2.45) is 0 Å². The van der Waals surface area contributed by atoms with E-state index in [1.54, 1.807) is 0 Å². The van der Waals surface area contributed by atoms with Gasteiger partial charge in [-0.15, -0.1) is 0 Å². The van der Waals surface area contributed by atoms with Crippen LogP contribution in [0.25, 0.3) is 0 Å². The molecule has 0 radical (unpaired) electrons. The molecule has 0 heterocycles. The summed E-state index contributed by atoms with van der Waals surface area (Å²) in [6.45, 7) is 4.37. The fourth-order valence-corrected chi connectivity index (χ4v) is 2.55. The molecule has 0 rings (SSSR count). The zero-order chi connectivity index (χ0) is 15.3. The van der Waals surface area contributed by atoms with Crippen LogP contribution in [0.2, 0.25) is 0 Å². The normalized spacial score (nSPS) is 16.1. The van der Waals surface area contributed by atoms with Gasteiger partial charge in [0, 0.05) is 13.5 Å². The zero-order valence-electron chi connectivity index (χ0n) is 13.9. The van der Waals surface area contributed by atoms with Gasteiger partial charge >= 0.3 is 0 Å². The number of methoxy groups -OCH3 is 1. The Morgan fingerprint density at radius 1 is 0.850 bits per heavy atom. The second-order valence-corrected chi connectivity index (χ2v) is 5.93. The summed E-state index contributed by atoms with van der Waals surface area (Å²) in [6, 6.07) is 0. The van der Waals surface area contributed by atoms with E-state index >= 15 is 0 Å². The standard InChI is InChI=1S/C17H36O3/c1-4-6-8-10-11-13-15-17(19,20-3)16(18)14-12-9-7-5-2/h16,18-19H,4-15H2,1-3H3. The van der Waals surface area contributed by atoms with Crippen molar-refractivity contribution in [3.63, 3.8) is 0 Å². The van der Waals surface area contributed by atoms with E-state index in [9.17, 15) is 10.2 Å². The molecule has 0 aliphatic carbocycles. The largest absolute Gasteiger partial charge is 0.388 e. The van der Waals surface area contributed by atoms with Gasteiger partial charge in [-0.2, -0.15) is 0 Å². The van der Waals surface area contributed by atoms with E-state index in [2.05, 4.69) is 13.8 Å². The molecule has 2 atom stereocenters. The molecule has 0 spiro atoms. The lowest BCUT2D eigenvalue weighted by atomic mass is 9.96. The summed E-state index contributed by atoms with van der Waals surface area (Å²) in [6.07, 6.45) is 11.9. The Labute approximate surface area is 125 Å². The van der Waals surface area contributed by atoms with E-state index in [1.165, 1.54) is 45.6 Å². The highest BCUT2D eigenvalue weighted by molar-refractivity contribution is 4.77. The van der Waals surface area contributed by atoms with Gasteiger partial charge in [-0.25, -0.2) is 0 Å². The molecular weight excluding hydrogens is 252 g/mol. The topological polar surface area (TPSA) is 49.7 Å². The SMILES string of the molecule is CCCCCCCCC(O)(OC)C(O)CCCCCC. The van der Waals surface area contributed by atoms with Gasteiger partial charge in [0.1, 0.15) is 6.10 Å². The Morgan fingerprint density at radius 3 is 1.90 bits per heavy atom. The Kier molecular flexibility index (Phi) is 12.5. The third-order valence-corrected chi connectivity index (χ3v) is 4.09. The molecule has 3 heteroatoms. The van der Waals surface area contributed by atoms with E-state index in [4.69, 9.17) is 4.74 Å². The third kappa shape index (κ3) is 8.93. The van der Waals surface area contributed by atoms with E-state index in [1.807, 2.05) is 0 Å². The molecule has 3 nitrogen and oxygen atoms in total. The van der Waals surface area contributed by atoms with Crippen LogP contribution in [0.5, 0.6) is 0 Å².